The zero-order valence-corrected chi connectivity index (χ0v) is 13.2. The summed E-state index contributed by atoms with van der Waals surface area (Å²) in [6.45, 7) is 9.37. The van der Waals surface area contributed by atoms with Crippen molar-refractivity contribution in [1.29, 1.82) is 0 Å². The fraction of sp³-hybridized carbons (Fsp3) is 0.625. The molecule has 1 unspecified atom stereocenters. The fourth-order valence-electron chi connectivity index (χ4n) is 2.97. The van der Waals surface area contributed by atoms with E-state index >= 15 is 0 Å². The van der Waals surface area contributed by atoms with E-state index in [0.29, 0.717) is 5.92 Å². The summed E-state index contributed by atoms with van der Waals surface area (Å²) >= 11 is 0. The molecule has 1 fully saturated rings. The molecule has 0 radical (unpaired) electrons. The standard InChI is InChI=1S/C16H25N5/c1-16(2,3)14-9-13-15(18-6-8-21(13)19-14)20-7-4-5-12(10-17)11-20/h6,8-9,12H,4-5,7,10-11,17H2,1-3H3. The predicted octanol–water partition coefficient (Wildman–Crippen LogP) is 2.20. The number of hydrogen-bond acceptors (Lipinski definition) is 4. The number of nitrogens with zero attached hydrogens (tertiary/aromatic N) is 4. The molecule has 0 bridgehead atoms. The minimum Gasteiger partial charge on any atom is -0.355 e. The summed E-state index contributed by atoms with van der Waals surface area (Å²) in [5.41, 5.74) is 8.10. The summed E-state index contributed by atoms with van der Waals surface area (Å²) in [4.78, 5) is 6.98. The molecule has 0 spiro atoms. The molecule has 1 atom stereocenters. The second-order valence-corrected chi connectivity index (χ2v) is 7.05. The van der Waals surface area contributed by atoms with E-state index in [1.54, 1.807) is 0 Å². The van der Waals surface area contributed by atoms with Gasteiger partial charge in [-0.3, -0.25) is 0 Å². The van der Waals surface area contributed by atoms with Crippen LogP contribution in [0.3, 0.4) is 0 Å². The summed E-state index contributed by atoms with van der Waals surface area (Å²) < 4.78 is 1.95. The molecule has 5 heteroatoms. The van der Waals surface area contributed by atoms with E-state index in [2.05, 4.69) is 36.7 Å². The first-order valence-electron chi connectivity index (χ1n) is 7.79. The molecule has 1 saturated heterocycles. The van der Waals surface area contributed by atoms with Crippen molar-refractivity contribution in [3.8, 4) is 0 Å². The maximum atomic E-state index is 5.85. The highest BCUT2D eigenvalue weighted by molar-refractivity contribution is 5.69. The smallest absolute Gasteiger partial charge is 0.154 e. The summed E-state index contributed by atoms with van der Waals surface area (Å²) in [5.74, 6) is 1.62. The molecule has 1 aliphatic heterocycles. The first-order valence-corrected chi connectivity index (χ1v) is 7.79. The van der Waals surface area contributed by atoms with E-state index in [1.807, 2.05) is 16.9 Å². The van der Waals surface area contributed by atoms with Crippen molar-refractivity contribution >= 4 is 11.3 Å². The SMILES string of the molecule is CC(C)(C)c1cc2c(N3CCCC(CN)C3)nccn2n1. The number of hydrogen-bond donors (Lipinski definition) is 1. The van der Waals surface area contributed by atoms with Crippen LogP contribution < -0.4 is 10.6 Å². The van der Waals surface area contributed by atoms with Crippen LogP contribution in [0.15, 0.2) is 18.5 Å². The third-order valence-electron chi connectivity index (χ3n) is 4.29. The topological polar surface area (TPSA) is 59.5 Å². The van der Waals surface area contributed by atoms with Crippen LogP contribution in [0, 0.1) is 5.92 Å². The normalized spacial score (nSPS) is 20.2. The molecule has 3 rings (SSSR count). The molecule has 2 aromatic rings. The highest BCUT2D eigenvalue weighted by atomic mass is 15.3. The number of aromatic nitrogens is 3. The predicted molar refractivity (Wildman–Crippen MR) is 85.7 cm³/mol. The van der Waals surface area contributed by atoms with Crippen LogP contribution in [0.1, 0.15) is 39.3 Å². The molecule has 0 aromatic carbocycles. The van der Waals surface area contributed by atoms with Crippen molar-refractivity contribution in [1.82, 2.24) is 14.6 Å². The van der Waals surface area contributed by atoms with Crippen LogP contribution in [-0.4, -0.2) is 34.2 Å². The van der Waals surface area contributed by atoms with Crippen molar-refractivity contribution in [2.75, 3.05) is 24.5 Å². The van der Waals surface area contributed by atoms with Gasteiger partial charge in [-0.15, -0.1) is 0 Å². The number of nitrogens with two attached hydrogens (primary N) is 1. The van der Waals surface area contributed by atoms with Gasteiger partial charge in [0.15, 0.2) is 5.82 Å². The Morgan fingerprint density at radius 1 is 1.38 bits per heavy atom. The van der Waals surface area contributed by atoms with E-state index in [4.69, 9.17) is 10.8 Å². The van der Waals surface area contributed by atoms with Gasteiger partial charge < -0.3 is 10.6 Å². The number of fused-ring (bicyclic) bond motifs is 1. The van der Waals surface area contributed by atoms with Crippen molar-refractivity contribution < 1.29 is 0 Å². The van der Waals surface area contributed by atoms with Crippen molar-refractivity contribution in [2.45, 2.75) is 39.0 Å². The molecule has 114 valence electrons. The van der Waals surface area contributed by atoms with Gasteiger partial charge in [0.2, 0.25) is 0 Å². The highest BCUT2D eigenvalue weighted by Crippen LogP contribution is 2.28. The fourth-order valence-corrected chi connectivity index (χ4v) is 2.97. The van der Waals surface area contributed by atoms with Crippen molar-refractivity contribution in [2.24, 2.45) is 11.7 Å². The van der Waals surface area contributed by atoms with E-state index in [9.17, 15) is 0 Å². The summed E-state index contributed by atoms with van der Waals surface area (Å²) in [6, 6.07) is 2.17. The van der Waals surface area contributed by atoms with Gasteiger partial charge in [-0.05, 0) is 31.4 Å². The van der Waals surface area contributed by atoms with E-state index in [0.717, 1.165) is 36.7 Å². The first-order chi connectivity index (χ1) is 9.99. The van der Waals surface area contributed by atoms with E-state index in [1.165, 1.54) is 12.8 Å². The minimum absolute atomic E-state index is 0.0466. The minimum atomic E-state index is 0.0466. The lowest BCUT2D eigenvalue weighted by Gasteiger charge is -2.33. The summed E-state index contributed by atoms with van der Waals surface area (Å²) in [5, 5.41) is 4.70. The second-order valence-electron chi connectivity index (χ2n) is 7.05. The highest BCUT2D eigenvalue weighted by Gasteiger charge is 2.24. The summed E-state index contributed by atoms with van der Waals surface area (Å²) in [6.07, 6.45) is 6.18. The van der Waals surface area contributed by atoms with E-state index < -0.39 is 0 Å². The molecule has 0 aliphatic carbocycles. The Hall–Kier alpha value is -1.62. The van der Waals surface area contributed by atoms with Crippen LogP contribution in [0.5, 0.6) is 0 Å². The van der Waals surface area contributed by atoms with Gasteiger partial charge in [0.1, 0.15) is 5.52 Å². The Labute approximate surface area is 126 Å². The molecule has 1 aliphatic rings. The number of anilines is 1. The van der Waals surface area contributed by atoms with Gasteiger partial charge in [-0.2, -0.15) is 5.10 Å². The molecule has 5 nitrogen and oxygen atoms in total. The lowest BCUT2D eigenvalue weighted by Crippen LogP contribution is -2.39. The monoisotopic (exact) mass is 287 g/mol. The third-order valence-corrected chi connectivity index (χ3v) is 4.29. The molecular formula is C16H25N5. The number of piperidine rings is 1. The van der Waals surface area contributed by atoms with Gasteiger partial charge in [-0.1, -0.05) is 20.8 Å². The van der Waals surface area contributed by atoms with Gasteiger partial charge >= 0.3 is 0 Å². The molecule has 21 heavy (non-hydrogen) atoms. The van der Waals surface area contributed by atoms with Crippen LogP contribution in [0.25, 0.3) is 5.52 Å². The lowest BCUT2D eigenvalue weighted by atomic mass is 9.92. The summed E-state index contributed by atoms with van der Waals surface area (Å²) in [7, 11) is 0. The Balaban J connectivity index is 2.00. The zero-order valence-electron chi connectivity index (χ0n) is 13.2. The molecule has 2 aromatic heterocycles. The van der Waals surface area contributed by atoms with Gasteiger partial charge in [-0.25, -0.2) is 9.50 Å². The number of rotatable bonds is 2. The van der Waals surface area contributed by atoms with Crippen molar-refractivity contribution in [3.05, 3.63) is 24.2 Å². The third kappa shape index (κ3) is 2.75. The molecule has 0 amide bonds. The maximum Gasteiger partial charge on any atom is 0.154 e. The van der Waals surface area contributed by atoms with Crippen LogP contribution >= 0.6 is 0 Å². The Bertz CT molecular complexity index is 625. The van der Waals surface area contributed by atoms with E-state index in [-0.39, 0.29) is 5.41 Å². The van der Waals surface area contributed by atoms with Gasteiger partial charge in [0.05, 0.1) is 5.69 Å². The molecule has 0 saturated carbocycles. The van der Waals surface area contributed by atoms with Crippen LogP contribution in [0.4, 0.5) is 5.82 Å². The Morgan fingerprint density at radius 3 is 2.90 bits per heavy atom. The van der Waals surface area contributed by atoms with Crippen LogP contribution in [-0.2, 0) is 5.41 Å². The largest absolute Gasteiger partial charge is 0.355 e. The van der Waals surface area contributed by atoms with Crippen molar-refractivity contribution in [3.63, 3.8) is 0 Å². The van der Waals surface area contributed by atoms with Gasteiger partial charge in [0.25, 0.3) is 0 Å². The first kappa shape index (κ1) is 14.3. The average molecular weight is 287 g/mol. The average Bonchev–Trinajstić information content (AvgIpc) is 2.91. The maximum absolute atomic E-state index is 5.85. The zero-order chi connectivity index (χ0) is 15.0. The quantitative estimate of drug-likeness (QED) is 0.920. The van der Waals surface area contributed by atoms with Gasteiger partial charge in [0, 0.05) is 30.9 Å². The Morgan fingerprint density at radius 2 is 2.19 bits per heavy atom. The lowest BCUT2D eigenvalue weighted by molar-refractivity contribution is 0.422. The van der Waals surface area contributed by atoms with Crippen LogP contribution in [0.2, 0.25) is 0 Å². The molecule has 3 heterocycles. The Kier molecular flexibility index (Phi) is 3.61. The molecule has 2 N–H and O–H groups in total. The second kappa shape index (κ2) is 5.30. The molecular weight excluding hydrogens is 262 g/mol.